The molecule has 5 nitrogen and oxygen atoms in total. The van der Waals surface area contributed by atoms with Gasteiger partial charge in [-0.25, -0.2) is 4.68 Å². The van der Waals surface area contributed by atoms with Crippen molar-refractivity contribution >= 4 is 23.2 Å². The highest BCUT2D eigenvalue weighted by atomic mass is 35.5. The Kier molecular flexibility index (Phi) is 3.72. The van der Waals surface area contributed by atoms with Crippen molar-refractivity contribution in [1.82, 2.24) is 9.78 Å². The molecule has 3 rings (SSSR count). The van der Waals surface area contributed by atoms with E-state index in [1.54, 1.807) is 4.68 Å². The number of nitrogens with zero attached hydrogens (tertiary/aromatic N) is 3. The topological polar surface area (TPSA) is 79.7 Å². The van der Waals surface area contributed by atoms with Gasteiger partial charge in [0.05, 0.1) is 6.54 Å². The Hall–Kier alpha value is -2.19. The second-order valence-electron chi connectivity index (χ2n) is 5.33. The molecule has 3 N–H and O–H groups in total. The normalized spacial score (nSPS) is 13.9. The molecule has 0 spiro atoms. The largest absolute Gasteiger partial charge is 0.383 e. The van der Waals surface area contributed by atoms with Crippen LogP contribution in [-0.2, 0) is 6.54 Å². The lowest BCUT2D eigenvalue weighted by Crippen LogP contribution is -2.07. The van der Waals surface area contributed by atoms with E-state index in [0.717, 1.165) is 12.1 Å². The maximum absolute atomic E-state index is 9.26. The zero-order valence-corrected chi connectivity index (χ0v) is 12.3. The van der Waals surface area contributed by atoms with Crippen LogP contribution in [0.3, 0.4) is 0 Å². The van der Waals surface area contributed by atoms with Gasteiger partial charge in [0.2, 0.25) is 0 Å². The Morgan fingerprint density at radius 3 is 2.71 bits per heavy atom. The Bertz CT molecular complexity index is 679. The second-order valence-corrected chi connectivity index (χ2v) is 5.77. The molecule has 0 aliphatic heterocycles. The van der Waals surface area contributed by atoms with Crippen molar-refractivity contribution < 1.29 is 0 Å². The average Bonchev–Trinajstić information content (AvgIpc) is 3.26. The molecule has 0 radical (unpaired) electrons. The molecule has 0 amide bonds. The van der Waals surface area contributed by atoms with Crippen molar-refractivity contribution in [2.24, 2.45) is 5.92 Å². The maximum Gasteiger partial charge on any atom is 0.168 e. The number of benzene rings is 1. The summed E-state index contributed by atoms with van der Waals surface area (Å²) in [6.45, 7) is 1.37. The number of halogens is 1. The number of nitrogens with one attached hydrogen (secondary N) is 1. The van der Waals surface area contributed by atoms with Crippen molar-refractivity contribution in [1.29, 1.82) is 5.26 Å². The fraction of sp³-hybridized carbons (Fsp3) is 0.333. The third kappa shape index (κ3) is 3.11. The molecule has 1 aliphatic rings. The van der Waals surface area contributed by atoms with Crippen LogP contribution >= 0.6 is 11.6 Å². The first-order chi connectivity index (χ1) is 10.2. The van der Waals surface area contributed by atoms with E-state index in [1.807, 2.05) is 24.3 Å². The van der Waals surface area contributed by atoms with Gasteiger partial charge >= 0.3 is 0 Å². The molecule has 1 saturated carbocycles. The lowest BCUT2D eigenvalue weighted by Gasteiger charge is -2.04. The number of rotatable bonds is 5. The summed E-state index contributed by atoms with van der Waals surface area (Å²) in [6.07, 6.45) is 2.49. The molecule has 1 aromatic heterocycles. The lowest BCUT2D eigenvalue weighted by molar-refractivity contribution is 0.697. The molecule has 21 heavy (non-hydrogen) atoms. The minimum Gasteiger partial charge on any atom is -0.383 e. The zero-order valence-electron chi connectivity index (χ0n) is 11.5. The summed E-state index contributed by atoms with van der Waals surface area (Å²) in [4.78, 5) is 0. The smallest absolute Gasteiger partial charge is 0.168 e. The third-order valence-electron chi connectivity index (χ3n) is 3.60. The molecule has 0 atom stereocenters. The van der Waals surface area contributed by atoms with E-state index < -0.39 is 0 Å². The van der Waals surface area contributed by atoms with Gasteiger partial charge in [0.25, 0.3) is 0 Å². The van der Waals surface area contributed by atoms with Crippen LogP contribution in [0.25, 0.3) is 0 Å². The lowest BCUT2D eigenvalue weighted by atomic mass is 10.2. The predicted molar refractivity (Wildman–Crippen MR) is 83.1 cm³/mol. The van der Waals surface area contributed by atoms with E-state index in [2.05, 4.69) is 16.5 Å². The first kappa shape index (κ1) is 13.8. The van der Waals surface area contributed by atoms with E-state index in [0.29, 0.717) is 34.7 Å². The van der Waals surface area contributed by atoms with E-state index in [4.69, 9.17) is 17.3 Å². The van der Waals surface area contributed by atoms with Gasteiger partial charge in [-0.2, -0.15) is 10.4 Å². The van der Waals surface area contributed by atoms with Gasteiger partial charge in [-0.15, -0.1) is 0 Å². The monoisotopic (exact) mass is 301 g/mol. The van der Waals surface area contributed by atoms with Gasteiger partial charge < -0.3 is 11.1 Å². The summed E-state index contributed by atoms with van der Waals surface area (Å²) in [6, 6.07) is 9.63. The average molecular weight is 302 g/mol. The summed E-state index contributed by atoms with van der Waals surface area (Å²) >= 11 is 5.87. The first-order valence-corrected chi connectivity index (χ1v) is 7.30. The Labute approximate surface area is 128 Å². The van der Waals surface area contributed by atoms with Crippen LogP contribution in [0.4, 0.5) is 11.6 Å². The van der Waals surface area contributed by atoms with E-state index in [9.17, 15) is 5.26 Å². The summed E-state index contributed by atoms with van der Waals surface area (Å²) in [5, 5.41) is 17.6. The van der Waals surface area contributed by atoms with Gasteiger partial charge in [0.1, 0.15) is 17.5 Å². The van der Waals surface area contributed by atoms with Crippen LogP contribution < -0.4 is 11.1 Å². The molecular weight excluding hydrogens is 286 g/mol. The highest BCUT2D eigenvalue weighted by Gasteiger charge is 2.23. The molecule has 1 aliphatic carbocycles. The molecule has 1 heterocycles. The molecule has 2 aromatic rings. The standard InChI is InChI=1S/C15H16ClN5/c16-12-5-3-11(4-6-12)9-21-14(18)13(7-17)15(20-21)19-8-10-1-2-10/h3-6,10H,1-2,8-9,18H2,(H,19,20). The van der Waals surface area contributed by atoms with Crippen LogP contribution in [0.5, 0.6) is 0 Å². The van der Waals surface area contributed by atoms with Crippen LogP contribution in [0.1, 0.15) is 24.0 Å². The molecular formula is C15H16ClN5. The quantitative estimate of drug-likeness (QED) is 0.890. The fourth-order valence-corrected chi connectivity index (χ4v) is 2.28. The van der Waals surface area contributed by atoms with Gasteiger partial charge in [-0.3, -0.25) is 0 Å². The van der Waals surface area contributed by atoms with E-state index >= 15 is 0 Å². The highest BCUT2D eigenvalue weighted by molar-refractivity contribution is 6.30. The number of anilines is 2. The van der Waals surface area contributed by atoms with E-state index in [1.165, 1.54) is 12.8 Å². The predicted octanol–water partition coefficient (Wildman–Crippen LogP) is 2.86. The number of nitrogen functional groups attached to an aromatic ring is 1. The fourth-order valence-electron chi connectivity index (χ4n) is 2.16. The van der Waals surface area contributed by atoms with Crippen LogP contribution in [0.2, 0.25) is 5.02 Å². The molecule has 6 heteroatoms. The van der Waals surface area contributed by atoms with E-state index in [-0.39, 0.29) is 0 Å². The van der Waals surface area contributed by atoms with Gasteiger partial charge in [0.15, 0.2) is 5.82 Å². The third-order valence-corrected chi connectivity index (χ3v) is 3.86. The molecule has 0 unspecified atom stereocenters. The summed E-state index contributed by atoms with van der Waals surface area (Å²) in [5.41, 5.74) is 7.48. The van der Waals surface area contributed by atoms with Gasteiger partial charge in [-0.1, -0.05) is 23.7 Å². The van der Waals surface area contributed by atoms with Crippen molar-refractivity contribution in [2.45, 2.75) is 19.4 Å². The summed E-state index contributed by atoms with van der Waals surface area (Å²) in [5.74, 6) is 1.68. The SMILES string of the molecule is N#Cc1c(NCC2CC2)nn(Cc2ccc(Cl)cc2)c1N. The van der Waals surface area contributed by atoms with Crippen molar-refractivity contribution in [2.75, 3.05) is 17.6 Å². The number of hydrogen-bond acceptors (Lipinski definition) is 4. The highest BCUT2D eigenvalue weighted by Crippen LogP contribution is 2.30. The molecule has 108 valence electrons. The summed E-state index contributed by atoms with van der Waals surface area (Å²) in [7, 11) is 0. The Morgan fingerprint density at radius 1 is 1.38 bits per heavy atom. The van der Waals surface area contributed by atoms with Gasteiger partial charge in [-0.05, 0) is 36.5 Å². The van der Waals surface area contributed by atoms with Crippen molar-refractivity contribution in [3.05, 3.63) is 40.4 Å². The molecule has 0 bridgehead atoms. The van der Waals surface area contributed by atoms with Gasteiger partial charge in [0, 0.05) is 11.6 Å². The van der Waals surface area contributed by atoms with Crippen molar-refractivity contribution in [3.8, 4) is 6.07 Å². The van der Waals surface area contributed by atoms with Crippen LogP contribution in [0, 0.1) is 17.2 Å². The minimum atomic E-state index is 0.394. The Balaban J connectivity index is 1.80. The van der Waals surface area contributed by atoms with Crippen molar-refractivity contribution in [3.63, 3.8) is 0 Å². The summed E-state index contributed by atoms with van der Waals surface area (Å²) < 4.78 is 1.65. The Morgan fingerprint density at radius 2 is 2.10 bits per heavy atom. The second kappa shape index (κ2) is 5.66. The first-order valence-electron chi connectivity index (χ1n) is 6.92. The number of aromatic nitrogens is 2. The number of hydrogen-bond donors (Lipinski definition) is 2. The number of nitrogens with two attached hydrogens (primary N) is 1. The molecule has 1 aromatic carbocycles. The molecule has 0 saturated heterocycles. The maximum atomic E-state index is 9.26. The molecule has 1 fully saturated rings. The van der Waals surface area contributed by atoms with Crippen LogP contribution in [0.15, 0.2) is 24.3 Å². The zero-order chi connectivity index (χ0) is 14.8. The number of nitriles is 1. The van der Waals surface area contributed by atoms with Crippen LogP contribution in [-0.4, -0.2) is 16.3 Å². The minimum absolute atomic E-state index is 0.394.